The Morgan fingerprint density at radius 1 is 1.54 bits per heavy atom. The molecule has 5 heteroatoms. The maximum Gasteiger partial charge on any atom is 0.259 e. The van der Waals surface area contributed by atoms with Crippen LogP contribution in [0.4, 0.5) is 5.69 Å². The normalized spacial score (nSPS) is 10.8. The highest BCUT2D eigenvalue weighted by Crippen LogP contribution is 2.38. The SMILES string of the molecule is CC(C)c1c(C(N)=O)sc(Cl)c1N. The first kappa shape index (κ1) is 10.3. The number of nitrogen functional groups attached to an aromatic ring is 1. The number of primary amides is 1. The van der Waals surface area contributed by atoms with Gasteiger partial charge in [-0.25, -0.2) is 0 Å². The molecule has 1 amide bonds. The summed E-state index contributed by atoms with van der Waals surface area (Å²) in [4.78, 5) is 11.5. The second-order valence-electron chi connectivity index (χ2n) is 3.05. The van der Waals surface area contributed by atoms with Crippen LogP contribution in [0.5, 0.6) is 0 Å². The van der Waals surface area contributed by atoms with E-state index in [-0.39, 0.29) is 5.92 Å². The molecule has 1 rings (SSSR count). The van der Waals surface area contributed by atoms with Crippen LogP contribution < -0.4 is 11.5 Å². The number of nitrogens with two attached hydrogens (primary N) is 2. The molecule has 0 aliphatic heterocycles. The standard InChI is InChI=1S/C8H11ClN2OS/c1-3(2)4-5(10)7(9)13-6(4)8(11)12/h3H,10H2,1-2H3,(H2,11,12). The maximum absolute atomic E-state index is 11.0. The number of hydrogen-bond acceptors (Lipinski definition) is 3. The molecule has 72 valence electrons. The summed E-state index contributed by atoms with van der Waals surface area (Å²) < 4.78 is 0.442. The minimum absolute atomic E-state index is 0.159. The summed E-state index contributed by atoms with van der Waals surface area (Å²) in [5.41, 5.74) is 12.2. The number of carbonyl (C=O) groups excluding carboxylic acids is 1. The molecular weight excluding hydrogens is 208 g/mol. The second-order valence-corrected chi connectivity index (χ2v) is 4.67. The molecule has 0 saturated carbocycles. The maximum atomic E-state index is 11.0. The fourth-order valence-electron chi connectivity index (χ4n) is 1.18. The summed E-state index contributed by atoms with van der Waals surface area (Å²) in [5.74, 6) is -0.307. The Kier molecular flexibility index (Phi) is 2.83. The highest BCUT2D eigenvalue weighted by Gasteiger charge is 2.20. The van der Waals surface area contributed by atoms with Crippen molar-refractivity contribution in [3.05, 3.63) is 14.8 Å². The van der Waals surface area contributed by atoms with Crippen molar-refractivity contribution in [1.82, 2.24) is 0 Å². The Labute approximate surface area is 85.7 Å². The van der Waals surface area contributed by atoms with Crippen molar-refractivity contribution in [3.8, 4) is 0 Å². The van der Waals surface area contributed by atoms with Crippen molar-refractivity contribution in [3.63, 3.8) is 0 Å². The molecule has 13 heavy (non-hydrogen) atoms. The summed E-state index contributed by atoms with van der Waals surface area (Å²) in [6, 6.07) is 0. The van der Waals surface area contributed by atoms with Gasteiger partial charge in [-0.2, -0.15) is 0 Å². The van der Waals surface area contributed by atoms with E-state index in [0.29, 0.717) is 14.9 Å². The van der Waals surface area contributed by atoms with Crippen LogP contribution in [0, 0.1) is 0 Å². The van der Waals surface area contributed by atoms with Crippen molar-refractivity contribution in [2.45, 2.75) is 19.8 Å². The van der Waals surface area contributed by atoms with Crippen LogP contribution in [-0.2, 0) is 0 Å². The first-order chi connectivity index (χ1) is 5.95. The molecule has 0 fully saturated rings. The Morgan fingerprint density at radius 2 is 2.08 bits per heavy atom. The van der Waals surface area contributed by atoms with Crippen molar-refractivity contribution in [2.24, 2.45) is 5.73 Å². The lowest BCUT2D eigenvalue weighted by molar-refractivity contribution is 0.100. The fourth-order valence-corrected chi connectivity index (χ4v) is 2.47. The van der Waals surface area contributed by atoms with Gasteiger partial charge >= 0.3 is 0 Å². The number of amides is 1. The first-order valence-corrected chi connectivity index (χ1v) is 5.02. The number of rotatable bonds is 2. The van der Waals surface area contributed by atoms with Gasteiger partial charge in [-0.05, 0) is 5.92 Å². The molecular formula is C8H11ClN2OS. The van der Waals surface area contributed by atoms with Crippen LogP contribution in [0.3, 0.4) is 0 Å². The molecule has 1 heterocycles. The zero-order chi connectivity index (χ0) is 10.2. The molecule has 3 nitrogen and oxygen atoms in total. The molecule has 0 unspecified atom stereocenters. The van der Waals surface area contributed by atoms with E-state index in [4.69, 9.17) is 23.1 Å². The van der Waals surface area contributed by atoms with E-state index in [2.05, 4.69) is 0 Å². The lowest BCUT2D eigenvalue weighted by Crippen LogP contribution is -2.12. The van der Waals surface area contributed by atoms with Crippen LogP contribution in [0.15, 0.2) is 0 Å². The van der Waals surface area contributed by atoms with E-state index in [0.717, 1.165) is 16.9 Å². The smallest absolute Gasteiger partial charge is 0.259 e. The predicted octanol–water partition coefficient (Wildman–Crippen LogP) is 2.21. The van der Waals surface area contributed by atoms with E-state index in [1.807, 2.05) is 13.8 Å². The van der Waals surface area contributed by atoms with Crippen LogP contribution in [0.1, 0.15) is 35.0 Å². The third-order valence-electron chi connectivity index (χ3n) is 1.74. The van der Waals surface area contributed by atoms with Crippen LogP contribution in [0.25, 0.3) is 0 Å². The molecule has 1 aromatic rings. The summed E-state index contributed by atoms with van der Waals surface area (Å²) in [5, 5.41) is 0. The minimum Gasteiger partial charge on any atom is -0.397 e. The van der Waals surface area contributed by atoms with Gasteiger partial charge in [-0.1, -0.05) is 25.4 Å². The molecule has 0 bridgehead atoms. The third-order valence-corrected chi connectivity index (χ3v) is 3.20. The molecule has 0 saturated heterocycles. The van der Waals surface area contributed by atoms with Crippen LogP contribution in [0.2, 0.25) is 4.34 Å². The highest BCUT2D eigenvalue weighted by atomic mass is 35.5. The largest absolute Gasteiger partial charge is 0.397 e. The van der Waals surface area contributed by atoms with Gasteiger partial charge in [0.2, 0.25) is 0 Å². The van der Waals surface area contributed by atoms with Gasteiger partial charge in [0.15, 0.2) is 0 Å². The topological polar surface area (TPSA) is 69.1 Å². The molecule has 0 spiro atoms. The van der Waals surface area contributed by atoms with Gasteiger partial charge in [-0.3, -0.25) is 4.79 Å². The monoisotopic (exact) mass is 218 g/mol. The van der Waals surface area contributed by atoms with E-state index < -0.39 is 5.91 Å². The van der Waals surface area contributed by atoms with E-state index in [1.54, 1.807) is 0 Å². The molecule has 1 aromatic heterocycles. The van der Waals surface area contributed by atoms with Gasteiger partial charge in [0.1, 0.15) is 4.34 Å². The van der Waals surface area contributed by atoms with Gasteiger partial charge in [0.25, 0.3) is 5.91 Å². The second kappa shape index (κ2) is 3.55. The van der Waals surface area contributed by atoms with E-state index in [9.17, 15) is 4.79 Å². The summed E-state index contributed by atoms with van der Waals surface area (Å²) >= 11 is 6.95. The fraction of sp³-hybridized carbons (Fsp3) is 0.375. The number of anilines is 1. The third kappa shape index (κ3) is 1.78. The van der Waals surface area contributed by atoms with Gasteiger partial charge < -0.3 is 11.5 Å². The highest BCUT2D eigenvalue weighted by molar-refractivity contribution is 7.18. The molecule has 4 N–H and O–H groups in total. The van der Waals surface area contributed by atoms with Crippen molar-refractivity contribution in [2.75, 3.05) is 5.73 Å². The Morgan fingerprint density at radius 3 is 2.38 bits per heavy atom. The number of carbonyl (C=O) groups is 1. The number of hydrogen-bond donors (Lipinski definition) is 2. The summed E-state index contributed by atoms with van der Waals surface area (Å²) in [7, 11) is 0. The first-order valence-electron chi connectivity index (χ1n) is 3.82. The molecule has 0 aliphatic rings. The van der Waals surface area contributed by atoms with Crippen molar-refractivity contribution < 1.29 is 4.79 Å². The zero-order valence-electron chi connectivity index (χ0n) is 7.43. The van der Waals surface area contributed by atoms with Gasteiger partial charge in [0.05, 0.1) is 10.6 Å². The van der Waals surface area contributed by atoms with Gasteiger partial charge in [0, 0.05) is 5.56 Å². The van der Waals surface area contributed by atoms with Crippen LogP contribution in [-0.4, -0.2) is 5.91 Å². The van der Waals surface area contributed by atoms with Crippen molar-refractivity contribution in [1.29, 1.82) is 0 Å². The lowest BCUT2D eigenvalue weighted by atomic mass is 10.0. The quantitative estimate of drug-likeness (QED) is 0.799. The molecule has 0 atom stereocenters. The Bertz CT molecular complexity index is 346. The summed E-state index contributed by atoms with van der Waals surface area (Å²) in [6.45, 7) is 3.89. The molecule has 0 radical (unpaired) electrons. The zero-order valence-corrected chi connectivity index (χ0v) is 9.00. The summed E-state index contributed by atoms with van der Waals surface area (Å²) in [6.07, 6.45) is 0. The average Bonchev–Trinajstić information content (AvgIpc) is 2.28. The average molecular weight is 219 g/mol. The van der Waals surface area contributed by atoms with E-state index >= 15 is 0 Å². The Balaban J connectivity index is 3.35. The minimum atomic E-state index is -0.465. The predicted molar refractivity (Wildman–Crippen MR) is 56.3 cm³/mol. The van der Waals surface area contributed by atoms with E-state index in [1.165, 1.54) is 0 Å². The van der Waals surface area contributed by atoms with Crippen LogP contribution >= 0.6 is 22.9 Å². The number of halogens is 1. The van der Waals surface area contributed by atoms with Crippen molar-refractivity contribution >= 4 is 34.5 Å². The van der Waals surface area contributed by atoms with Gasteiger partial charge in [-0.15, -0.1) is 11.3 Å². The Hall–Kier alpha value is -0.740. The lowest BCUT2D eigenvalue weighted by Gasteiger charge is -2.05. The molecule has 0 aromatic carbocycles. The number of thiophene rings is 1. The molecule has 0 aliphatic carbocycles.